The molecule has 1 aromatic carbocycles. The number of phenolic OH excluding ortho intramolecular Hbond substituents is 1. The molecule has 0 amide bonds. The molecule has 0 fully saturated rings. The number of benzene rings is 1. The lowest BCUT2D eigenvalue weighted by Gasteiger charge is -2.16. The summed E-state index contributed by atoms with van der Waals surface area (Å²) in [5.74, 6) is 2.87. The highest BCUT2D eigenvalue weighted by Crippen LogP contribution is 2.27. The number of ether oxygens (including phenoxy) is 1. The standard InChI is InChI=1S/C23H30N4O2/c1-5-15(2)6-7-16(3)13-29-21-12-20-22(26-17(21)4)23(25-14-24-20)27-18-8-10-19(28)11-9-18/h8-12,14-16,28H,5-7,13H2,1-4H3,(H,24,25,27). The Morgan fingerprint density at radius 1 is 1.07 bits per heavy atom. The summed E-state index contributed by atoms with van der Waals surface area (Å²) in [6, 6.07) is 8.75. The third-order valence-electron chi connectivity index (χ3n) is 5.26. The van der Waals surface area contributed by atoms with Crippen LogP contribution in [0.1, 0.15) is 45.7 Å². The summed E-state index contributed by atoms with van der Waals surface area (Å²) in [5.41, 5.74) is 3.05. The second kappa shape index (κ2) is 9.54. The molecule has 0 aliphatic heterocycles. The molecule has 2 N–H and O–H groups in total. The number of aromatic hydroxyl groups is 1. The Hall–Kier alpha value is -2.89. The number of aryl methyl sites for hydroxylation is 1. The number of phenols is 1. The van der Waals surface area contributed by atoms with Gasteiger partial charge in [-0.25, -0.2) is 15.0 Å². The van der Waals surface area contributed by atoms with Gasteiger partial charge < -0.3 is 15.2 Å². The van der Waals surface area contributed by atoms with Gasteiger partial charge in [-0.2, -0.15) is 0 Å². The first-order valence-electron chi connectivity index (χ1n) is 10.3. The van der Waals surface area contributed by atoms with Crippen molar-refractivity contribution >= 4 is 22.5 Å². The van der Waals surface area contributed by atoms with Gasteiger partial charge in [0.1, 0.15) is 23.3 Å². The van der Waals surface area contributed by atoms with Gasteiger partial charge in [0.25, 0.3) is 0 Å². The maximum atomic E-state index is 9.44. The van der Waals surface area contributed by atoms with Gasteiger partial charge in [0.05, 0.1) is 17.8 Å². The van der Waals surface area contributed by atoms with Crippen molar-refractivity contribution in [2.75, 3.05) is 11.9 Å². The Morgan fingerprint density at radius 3 is 2.52 bits per heavy atom. The molecule has 0 saturated heterocycles. The number of nitrogens with one attached hydrogen (secondary N) is 1. The van der Waals surface area contributed by atoms with Crippen LogP contribution in [0.15, 0.2) is 36.7 Å². The lowest BCUT2D eigenvalue weighted by Crippen LogP contribution is -2.11. The van der Waals surface area contributed by atoms with Gasteiger partial charge in [0.15, 0.2) is 5.82 Å². The first kappa shape index (κ1) is 20.8. The summed E-state index contributed by atoms with van der Waals surface area (Å²) in [6.07, 6.45) is 5.13. The first-order valence-corrected chi connectivity index (χ1v) is 10.3. The van der Waals surface area contributed by atoms with Crippen molar-refractivity contribution in [1.82, 2.24) is 15.0 Å². The molecular weight excluding hydrogens is 364 g/mol. The Balaban J connectivity index is 1.73. The van der Waals surface area contributed by atoms with E-state index in [9.17, 15) is 5.11 Å². The van der Waals surface area contributed by atoms with Gasteiger partial charge in [0.2, 0.25) is 0 Å². The molecular formula is C23H30N4O2. The quantitative estimate of drug-likeness (QED) is 0.458. The fourth-order valence-electron chi connectivity index (χ4n) is 3.07. The minimum atomic E-state index is 0.220. The SMILES string of the molecule is CCC(C)CCC(C)COc1cc2ncnc(Nc3ccc(O)cc3)c2nc1C. The van der Waals surface area contributed by atoms with Crippen LogP contribution < -0.4 is 10.1 Å². The van der Waals surface area contributed by atoms with E-state index in [1.807, 2.05) is 13.0 Å². The zero-order valence-corrected chi connectivity index (χ0v) is 17.6. The molecule has 0 spiro atoms. The zero-order valence-electron chi connectivity index (χ0n) is 17.6. The van der Waals surface area contributed by atoms with Crippen molar-refractivity contribution in [3.05, 3.63) is 42.4 Å². The molecule has 154 valence electrons. The Morgan fingerprint density at radius 2 is 1.79 bits per heavy atom. The van der Waals surface area contributed by atoms with Crippen LogP contribution in [0, 0.1) is 18.8 Å². The molecule has 29 heavy (non-hydrogen) atoms. The first-order chi connectivity index (χ1) is 14.0. The van der Waals surface area contributed by atoms with E-state index in [2.05, 4.69) is 36.1 Å². The average molecular weight is 395 g/mol. The third-order valence-corrected chi connectivity index (χ3v) is 5.26. The number of fused-ring (bicyclic) bond motifs is 1. The monoisotopic (exact) mass is 394 g/mol. The molecule has 0 saturated carbocycles. The number of nitrogens with zero attached hydrogens (tertiary/aromatic N) is 3. The van der Waals surface area contributed by atoms with E-state index in [-0.39, 0.29) is 5.75 Å². The highest BCUT2D eigenvalue weighted by atomic mass is 16.5. The topological polar surface area (TPSA) is 80.2 Å². The zero-order chi connectivity index (χ0) is 20.8. The van der Waals surface area contributed by atoms with Crippen molar-refractivity contribution < 1.29 is 9.84 Å². The predicted molar refractivity (Wildman–Crippen MR) is 117 cm³/mol. The molecule has 0 bridgehead atoms. The molecule has 0 aliphatic carbocycles. The summed E-state index contributed by atoms with van der Waals surface area (Å²) in [5, 5.41) is 12.7. The van der Waals surface area contributed by atoms with Gasteiger partial charge in [-0.1, -0.05) is 33.6 Å². The van der Waals surface area contributed by atoms with E-state index in [0.717, 1.165) is 35.0 Å². The number of aromatic nitrogens is 3. The maximum Gasteiger partial charge on any atom is 0.160 e. The normalized spacial score (nSPS) is 13.2. The molecule has 0 radical (unpaired) electrons. The summed E-state index contributed by atoms with van der Waals surface area (Å²) < 4.78 is 6.07. The second-order valence-corrected chi connectivity index (χ2v) is 7.84. The largest absolute Gasteiger partial charge is 0.508 e. The van der Waals surface area contributed by atoms with Crippen LogP contribution >= 0.6 is 0 Å². The van der Waals surface area contributed by atoms with Crippen LogP contribution in [0.4, 0.5) is 11.5 Å². The minimum absolute atomic E-state index is 0.220. The number of rotatable bonds is 9. The smallest absolute Gasteiger partial charge is 0.160 e. The van der Waals surface area contributed by atoms with E-state index < -0.39 is 0 Å². The van der Waals surface area contributed by atoms with E-state index in [4.69, 9.17) is 9.72 Å². The van der Waals surface area contributed by atoms with E-state index >= 15 is 0 Å². The predicted octanol–water partition coefficient (Wildman–Crippen LogP) is 5.62. The van der Waals surface area contributed by atoms with E-state index in [0.29, 0.717) is 23.9 Å². The molecule has 2 heterocycles. The van der Waals surface area contributed by atoms with E-state index in [1.54, 1.807) is 24.3 Å². The van der Waals surface area contributed by atoms with Gasteiger partial charge >= 0.3 is 0 Å². The summed E-state index contributed by atoms with van der Waals surface area (Å²) >= 11 is 0. The Labute approximate surface area is 172 Å². The lowest BCUT2D eigenvalue weighted by molar-refractivity contribution is 0.241. The van der Waals surface area contributed by atoms with Crippen LogP contribution in [0.2, 0.25) is 0 Å². The summed E-state index contributed by atoms with van der Waals surface area (Å²) in [6.45, 7) is 9.38. The number of hydrogen-bond donors (Lipinski definition) is 2. The molecule has 2 aromatic heterocycles. The molecule has 6 nitrogen and oxygen atoms in total. The Bertz CT molecular complexity index is 944. The third kappa shape index (κ3) is 5.56. The second-order valence-electron chi connectivity index (χ2n) is 7.84. The molecule has 6 heteroatoms. The van der Waals surface area contributed by atoms with Gasteiger partial charge in [-0.3, -0.25) is 0 Å². The number of hydrogen-bond acceptors (Lipinski definition) is 6. The van der Waals surface area contributed by atoms with Crippen LogP contribution in [0.25, 0.3) is 11.0 Å². The van der Waals surface area contributed by atoms with Crippen molar-refractivity contribution in [1.29, 1.82) is 0 Å². The van der Waals surface area contributed by atoms with Gasteiger partial charge in [-0.05, 0) is 49.4 Å². The van der Waals surface area contributed by atoms with Crippen LogP contribution in [-0.2, 0) is 0 Å². The number of pyridine rings is 1. The maximum absolute atomic E-state index is 9.44. The molecule has 3 aromatic rings. The molecule has 3 rings (SSSR count). The van der Waals surface area contributed by atoms with Gasteiger partial charge in [-0.15, -0.1) is 0 Å². The number of anilines is 2. The fourth-order valence-corrected chi connectivity index (χ4v) is 3.07. The molecule has 2 atom stereocenters. The summed E-state index contributed by atoms with van der Waals surface area (Å²) in [4.78, 5) is 13.4. The summed E-state index contributed by atoms with van der Waals surface area (Å²) in [7, 11) is 0. The minimum Gasteiger partial charge on any atom is -0.508 e. The fraction of sp³-hybridized carbons (Fsp3) is 0.435. The highest BCUT2D eigenvalue weighted by molar-refractivity contribution is 5.87. The van der Waals surface area contributed by atoms with Crippen LogP contribution in [0.5, 0.6) is 11.5 Å². The molecule has 0 aliphatic rings. The lowest BCUT2D eigenvalue weighted by atomic mass is 9.97. The van der Waals surface area contributed by atoms with Crippen molar-refractivity contribution in [2.24, 2.45) is 11.8 Å². The molecule has 2 unspecified atom stereocenters. The van der Waals surface area contributed by atoms with E-state index in [1.165, 1.54) is 19.2 Å². The highest BCUT2D eigenvalue weighted by Gasteiger charge is 2.12. The van der Waals surface area contributed by atoms with Gasteiger partial charge in [0, 0.05) is 11.8 Å². The van der Waals surface area contributed by atoms with Crippen molar-refractivity contribution in [3.63, 3.8) is 0 Å². The van der Waals surface area contributed by atoms with Crippen LogP contribution in [0.3, 0.4) is 0 Å². The van der Waals surface area contributed by atoms with Crippen molar-refractivity contribution in [2.45, 2.75) is 47.0 Å². The van der Waals surface area contributed by atoms with Crippen molar-refractivity contribution in [3.8, 4) is 11.5 Å². The average Bonchev–Trinajstić information content (AvgIpc) is 2.72. The Kier molecular flexibility index (Phi) is 6.86. The van der Waals surface area contributed by atoms with Crippen LogP contribution in [-0.4, -0.2) is 26.7 Å².